The lowest BCUT2D eigenvalue weighted by molar-refractivity contribution is -0.122. The molecular weight excluding hydrogens is 510 g/mol. The molecule has 4 rings (SSSR count). The fraction of sp³-hybridized carbons (Fsp3) is 0.211. The molecule has 0 aliphatic carbocycles. The zero-order chi connectivity index (χ0) is 21.5. The van der Waals surface area contributed by atoms with Crippen molar-refractivity contribution in [2.24, 2.45) is 0 Å². The van der Waals surface area contributed by atoms with E-state index in [0.717, 1.165) is 16.5 Å². The molecule has 1 aliphatic heterocycles. The number of rotatable bonds is 5. The number of halogens is 2. The highest BCUT2D eigenvalue weighted by molar-refractivity contribution is 14.1. The molecule has 1 amide bonds. The number of carbonyl (C=O) groups excluding carboxylic acids is 1. The van der Waals surface area contributed by atoms with Gasteiger partial charge in [-0.15, -0.1) is 0 Å². The summed E-state index contributed by atoms with van der Waals surface area (Å²) in [4.78, 5) is 30.5. The Labute approximate surface area is 184 Å². The minimum atomic E-state index is -0.550. The standard InChI is InChI=1S/C18H16FIN4O3.CH2O2/c19-13-7-10(20)1-2-14(13)23-16-12-9-22-6-4-15(12)26-17(16)18(25)24-27-11-3-5-21-8-11;2-1-3/h1-2,4,6-7,9,11,21,23H,3,5,8H2,(H,24,25);1H,(H,2,3)/t11-;/m0./s1. The SMILES string of the molecule is O=C(NO[C@H]1CCNC1)c1oc2ccncc2c1Nc1ccc(I)cc1F.O=CO. The molecule has 9 nitrogen and oxygen atoms in total. The van der Waals surface area contributed by atoms with Crippen molar-refractivity contribution in [2.45, 2.75) is 12.5 Å². The number of hydrogen-bond acceptors (Lipinski definition) is 7. The number of fused-ring (bicyclic) bond motifs is 1. The molecule has 0 saturated carbocycles. The highest BCUT2D eigenvalue weighted by Crippen LogP contribution is 2.33. The summed E-state index contributed by atoms with van der Waals surface area (Å²) in [6, 6.07) is 6.42. The predicted molar refractivity (Wildman–Crippen MR) is 115 cm³/mol. The maximum Gasteiger partial charge on any atom is 0.312 e. The monoisotopic (exact) mass is 528 g/mol. The van der Waals surface area contributed by atoms with Crippen molar-refractivity contribution >= 4 is 57.3 Å². The molecule has 0 spiro atoms. The number of hydrogen-bond donors (Lipinski definition) is 4. The van der Waals surface area contributed by atoms with Crippen molar-refractivity contribution in [3.05, 3.63) is 51.8 Å². The number of carbonyl (C=O) groups is 2. The van der Waals surface area contributed by atoms with Crippen molar-refractivity contribution in [3.8, 4) is 0 Å². The average molecular weight is 528 g/mol. The second kappa shape index (κ2) is 10.3. The van der Waals surface area contributed by atoms with Crippen LogP contribution in [-0.2, 0) is 9.63 Å². The number of anilines is 2. The lowest BCUT2D eigenvalue weighted by Crippen LogP contribution is -2.30. The van der Waals surface area contributed by atoms with Crippen LogP contribution in [0, 0.1) is 9.39 Å². The molecule has 1 aromatic carbocycles. The fourth-order valence-electron chi connectivity index (χ4n) is 2.86. The lowest BCUT2D eigenvalue weighted by atomic mass is 10.2. The Balaban J connectivity index is 0.000000806. The van der Waals surface area contributed by atoms with Crippen molar-refractivity contribution in [2.75, 3.05) is 18.4 Å². The summed E-state index contributed by atoms with van der Waals surface area (Å²) in [5, 5.41) is 13.6. The van der Waals surface area contributed by atoms with E-state index in [-0.39, 0.29) is 24.0 Å². The van der Waals surface area contributed by atoms with Crippen LogP contribution in [-0.4, -0.2) is 41.7 Å². The zero-order valence-corrected chi connectivity index (χ0v) is 17.7. The fourth-order valence-corrected chi connectivity index (χ4v) is 3.32. The molecule has 11 heteroatoms. The number of aromatic nitrogens is 1. The van der Waals surface area contributed by atoms with Gasteiger partial charge in [0.2, 0.25) is 5.76 Å². The highest BCUT2D eigenvalue weighted by Gasteiger charge is 2.24. The summed E-state index contributed by atoms with van der Waals surface area (Å²) in [7, 11) is 0. The Morgan fingerprint density at radius 2 is 2.23 bits per heavy atom. The molecule has 3 aromatic rings. The Bertz CT molecular complexity index is 1040. The van der Waals surface area contributed by atoms with E-state index in [1.54, 1.807) is 30.6 Å². The molecule has 0 bridgehead atoms. The van der Waals surface area contributed by atoms with E-state index < -0.39 is 11.7 Å². The largest absolute Gasteiger partial charge is 0.483 e. The second-order valence-electron chi connectivity index (χ2n) is 6.20. The third kappa shape index (κ3) is 5.23. The minimum Gasteiger partial charge on any atom is -0.483 e. The van der Waals surface area contributed by atoms with Crippen LogP contribution in [0.3, 0.4) is 0 Å². The number of furan rings is 1. The quantitative estimate of drug-likeness (QED) is 0.226. The number of nitrogens with zero attached hydrogens (tertiary/aromatic N) is 1. The topological polar surface area (TPSA) is 126 Å². The van der Waals surface area contributed by atoms with Crippen LogP contribution in [0.4, 0.5) is 15.8 Å². The van der Waals surface area contributed by atoms with Crippen LogP contribution < -0.4 is 16.1 Å². The summed E-state index contributed by atoms with van der Waals surface area (Å²) >= 11 is 2.03. The van der Waals surface area contributed by atoms with Crippen LogP contribution in [0.25, 0.3) is 11.0 Å². The predicted octanol–water partition coefficient (Wildman–Crippen LogP) is 3.04. The second-order valence-corrected chi connectivity index (χ2v) is 7.44. The van der Waals surface area contributed by atoms with Crippen LogP contribution in [0.1, 0.15) is 17.0 Å². The molecule has 4 N–H and O–H groups in total. The molecule has 0 unspecified atom stereocenters. The Morgan fingerprint density at radius 3 is 2.93 bits per heavy atom. The average Bonchev–Trinajstić information content (AvgIpc) is 3.37. The van der Waals surface area contributed by atoms with E-state index in [1.807, 2.05) is 22.6 Å². The van der Waals surface area contributed by atoms with Gasteiger partial charge in [-0.3, -0.25) is 19.4 Å². The Kier molecular flexibility index (Phi) is 7.54. The number of carboxylic acid groups (broad SMARTS) is 1. The first-order valence-corrected chi connectivity index (χ1v) is 9.94. The number of nitrogens with one attached hydrogen (secondary N) is 3. The van der Waals surface area contributed by atoms with Gasteiger partial charge in [-0.2, -0.15) is 0 Å². The van der Waals surface area contributed by atoms with E-state index in [9.17, 15) is 9.18 Å². The number of pyridine rings is 1. The normalized spacial score (nSPS) is 15.3. The molecule has 158 valence electrons. The van der Waals surface area contributed by atoms with Gasteiger partial charge in [0.05, 0.1) is 17.2 Å². The van der Waals surface area contributed by atoms with Gasteiger partial charge in [-0.1, -0.05) is 0 Å². The van der Waals surface area contributed by atoms with Crippen molar-refractivity contribution in [1.82, 2.24) is 15.8 Å². The van der Waals surface area contributed by atoms with E-state index in [4.69, 9.17) is 19.2 Å². The smallest absolute Gasteiger partial charge is 0.312 e. The number of amides is 1. The van der Waals surface area contributed by atoms with Crippen LogP contribution >= 0.6 is 22.6 Å². The van der Waals surface area contributed by atoms with Gasteiger partial charge >= 0.3 is 5.91 Å². The van der Waals surface area contributed by atoms with Gasteiger partial charge in [0.1, 0.15) is 17.1 Å². The van der Waals surface area contributed by atoms with Crippen molar-refractivity contribution < 1.29 is 28.3 Å². The van der Waals surface area contributed by atoms with E-state index in [0.29, 0.717) is 23.2 Å². The van der Waals surface area contributed by atoms with Crippen molar-refractivity contribution in [3.63, 3.8) is 0 Å². The van der Waals surface area contributed by atoms with Gasteiger partial charge in [0.25, 0.3) is 6.47 Å². The summed E-state index contributed by atoms with van der Waals surface area (Å²) < 4.78 is 20.7. The maximum atomic E-state index is 14.3. The summed E-state index contributed by atoms with van der Waals surface area (Å²) in [6.45, 7) is 1.26. The van der Waals surface area contributed by atoms with Gasteiger partial charge in [-0.05, 0) is 59.8 Å². The van der Waals surface area contributed by atoms with Crippen molar-refractivity contribution in [1.29, 1.82) is 0 Å². The maximum absolute atomic E-state index is 14.3. The van der Waals surface area contributed by atoms with Gasteiger partial charge in [-0.25, -0.2) is 9.87 Å². The summed E-state index contributed by atoms with van der Waals surface area (Å²) in [5.74, 6) is -0.979. The van der Waals surface area contributed by atoms with Gasteiger partial charge < -0.3 is 20.2 Å². The third-order valence-electron chi connectivity index (χ3n) is 4.22. The lowest BCUT2D eigenvalue weighted by Gasteiger charge is -2.11. The number of hydroxylamine groups is 1. The summed E-state index contributed by atoms with van der Waals surface area (Å²) in [6.07, 6.45) is 3.84. The highest BCUT2D eigenvalue weighted by atomic mass is 127. The molecule has 1 saturated heterocycles. The van der Waals surface area contributed by atoms with Gasteiger partial charge in [0.15, 0.2) is 0 Å². The van der Waals surface area contributed by atoms with E-state index >= 15 is 0 Å². The molecular formula is C19H18FIN4O5. The van der Waals surface area contributed by atoms with Crippen LogP contribution in [0.15, 0.2) is 41.1 Å². The van der Waals surface area contributed by atoms with E-state index in [1.165, 1.54) is 6.07 Å². The molecule has 1 fully saturated rings. The first-order valence-electron chi connectivity index (χ1n) is 8.86. The zero-order valence-electron chi connectivity index (χ0n) is 15.5. The van der Waals surface area contributed by atoms with Gasteiger partial charge in [0, 0.05) is 22.5 Å². The van der Waals surface area contributed by atoms with E-state index in [2.05, 4.69) is 21.1 Å². The Morgan fingerprint density at radius 1 is 1.43 bits per heavy atom. The Hall–Kier alpha value is -2.77. The molecule has 30 heavy (non-hydrogen) atoms. The minimum absolute atomic E-state index is 0.00176. The first-order chi connectivity index (χ1) is 14.5. The number of benzene rings is 1. The third-order valence-corrected chi connectivity index (χ3v) is 4.89. The molecule has 0 radical (unpaired) electrons. The molecule has 1 atom stereocenters. The van der Waals surface area contributed by atoms with Crippen LogP contribution in [0.2, 0.25) is 0 Å². The van der Waals surface area contributed by atoms with Crippen LogP contribution in [0.5, 0.6) is 0 Å². The molecule has 1 aliphatic rings. The first kappa shape index (κ1) is 21.9. The molecule has 3 heterocycles. The molecule has 2 aromatic heterocycles. The summed E-state index contributed by atoms with van der Waals surface area (Å²) in [5.41, 5.74) is 3.46.